The minimum Gasteiger partial charge on any atom is -0.460 e. The molecule has 1 aromatic rings. The number of hydrogen-bond donors (Lipinski definition) is 0. The molecular weight excluding hydrogens is 312 g/mol. The van der Waals surface area contributed by atoms with Gasteiger partial charge in [0.15, 0.2) is 0 Å². The van der Waals surface area contributed by atoms with E-state index >= 15 is 0 Å². The predicted molar refractivity (Wildman–Crippen MR) is 101 cm³/mol. The second-order valence-electron chi connectivity index (χ2n) is 7.21. The molecule has 0 saturated carbocycles. The van der Waals surface area contributed by atoms with Gasteiger partial charge in [0.2, 0.25) is 5.82 Å². The zero-order valence-corrected chi connectivity index (χ0v) is 15.9. The summed E-state index contributed by atoms with van der Waals surface area (Å²) in [5.74, 6) is -0.395. The molecule has 4 nitrogen and oxygen atoms in total. The molecule has 2 rings (SSSR count). The number of aromatic nitrogens is 2. The molecule has 1 heterocycles. The van der Waals surface area contributed by atoms with Gasteiger partial charge in [-0.05, 0) is 57.1 Å². The Labute approximate surface area is 150 Å². The third kappa shape index (κ3) is 5.12. The van der Waals surface area contributed by atoms with Gasteiger partial charge in [-0.2, -0.15) is 0 Å². The molecule has 1 aliphatic carbocycles. The Morgan fingerprint density at radius 1 is 1.32 bits per heavy atom. The average molecular weight is 340 g/mol. The van der Waals surface area contributed by atoms with Crippen LogP contribution in [-0.2, 0) is 4.74 Å². The van der Waals surface area contributed by atoms with Crippen LogP contribution >= 0.6 is 0 Å². The summed E-state index contributed by atoms with van der Waals surface area (Å²) in [5.41, 5.74) is 5.16. The first-order valence-electron chi connectivity index (χ1n) is 8.89. The van der Waals surface area contributed by atoms with E-state index < -0.39 is 5.97 Å². The van der Waals surface area contributed by atoms with Crippen molar-refractivity contribution in [3.63, 3.8) is 0 Å². The van der Waals surface area contributed by atoms with Crippen LogP contribution in [0.15, 0.2) is 41.3 Å². The molecule has 0 radical (unpaired) electrons. The van der Waals surface area contributed by atoms with E-state index in [0.717, 1.165) is 11.1 Å². The molecule has 25 heavy (non-hydrogen) atoms. The van der Waals surface area contributed by atoms with Crippen molar-refractivity contribution in [3.8, 4) is 0 Å². The number of allylic oxidation sites excluding steroid dienone is 5. The molecular formula is C21H28N2O2. The van der Waals surface area contributed by atoms with Crippen molar-refractivity contribution < 1.29 is 9.53 Å². The summed E-state index contributed by atoms with van der Waals surface area (Å²) in [5, 5.41) is 0. The lowest BCUT2D eigenvalue weighted by Gasteiger charge is -2.32. The van der Waals surface area contributed by atoms with E-state index in [2.05, 4.69) is 49.8 Å². The summed E-state index contributed by atoms with van der Waals surface area (Å²) < 4.78 is 4.89. The lowest BCUT2D eigenvalue weighted by Crippen LogP contribution is -2.19. The molecule has 0 aromatic carbocycles. The molecule has 0 atom stereocenters. The molecule has 0 spiro atoms. The van der Waals surface area contributed by atoms with Crippen molar-refractivity contribution in [3.05, 3.63) is 52.7 Å². The molecule has 0 amide bonds. The van der Waals surface area contributed by atoms with Crippen LogP contribution in [-0.4, -0.2) is 22.5 Å². The van der Waals surface area contributed by atoms with Crippen molar-refractivity contribution in [2.75, 3.05) is 6.61 Å². The SMILES string of the molecule is CCOC(=O)c1ncc(/C=C(C)/C=C/C2=C(C)CCCC2(C)C)cn1. The van der Waals surface area contributed by atoms with Crippen LogP contribution < -0.4 is 0 Å². The van der Waals surface area contributed by atoms with Crippen LogP contribution in [0.2, 0.25) is 0 Å². The van der Waals surface area contributed by atoms with E-state index in [0.29, 0.717) is 6.61 Å². The van der Waals surface area contributed by atoms with Crippen molar-refractivity contribution in [1.82, 2.24) is 9.97 Å². The van der Waals surface area contributed by atoms with Crippen LogP contribution in [0.5, 0.6) is 0 Å². The summed E-state index contributed by atoms with van der Waals surface area (Å²) in [6, 6.07) is 0. The molecule has 4 heteroatoms. The molecule has 1 aromatic heterocycles. The van der Waals surface area contributed by atoms with Crippen LogP contribution in [0, 0.1) is 5.41 Å². The van der Waals surface area contributed by atoms with E-state index in [1.54, 1.807) is 19.3 Å². The van der Waals surface area contributed by atoms with Gasteiger partial charge in [0, 0.05) is 18.0 Å². The largest absolute Gasteiger partial charge is 0.460 e. The zero-order chi connectivity index (χ0) is 18.4. The summed E-state index contributed by atoms with van der Waals surface area (Å²) in [6.45, 7) is 11.0. The van der Waals surface area contributed by atoms with Gasteiger partial charge < -0.3 is 4.74 Å². The Bertz CT molecular complexity index is 710. The van der Waals surface area contributed by atoms with Crippen molar-refractivity contribution >= 4 is 12.0 Å². The number of carbonyl (C=O) groups excluding carboxylic acids is 1. The highest BCUT2D eigenvalue weighted by Gasteiger charge is 2.26. The normalized spacial score (nSPS) is 17.9. The molecule has 0 unspecified atom stereocenters. The third-order valence-corrected chi connectivity index (χ3v) is 4.58. The highest BCUT2D eigenvalue weighted by molar-refractivity contribution is 5.85. The number of esters is 1. The Morgan fingerprint density at radius 2 is 2.00 bits per heavy atom. The lowest BCUT2D eigenvalue weighted by atomic mass is 9.72. The average Bonchev–Trinajstić information content (AvgIpc) is 2.54. The summed E-state index contributed by atoms with van der Waals surface area (Å²) in [7, 11) is 0. The van der Waals surface area contributed by atoms with Crippen LogP contribution in [0.25, 0.3) is 6.08 Å². The Balaban J connectivity index is 2.12. The molecule has 0 saturated heterocycles. The molecule has 1 aliphatic rings. The maximum atomic E-state index is 11.6. The Morgan fingerprint density at radius 3 is 2.60 bits per heavy atom. The lowest BCUT2D eigenvalue weighted by molar-refractivity contribution is 0.0512. The van der Waals surface area contributed by atoms with E-state index in [4.69, 9.17) is 4.74 Å². The van der Waals surface area contributed by atoms with Gasteiger partial charge in [-0.3, -0.25) is 0 Å². The fraction of sp³-hybridized carbons (Fsp3) is 0.476. The van der Waals surface area contributed by atoms with Crippen molar-refractivity contribution in [2.24, 2.45) is 5.41 Å². The van der Waals surface area contributed by atoms with Gasteiger partial charge in [0.1, 0.15) is 0 Å². The number of ether oxygens (including phenoxy) is 1. The van der Waals surface area contributed by atoms with Gasteiger partial charge >= 0.3 is 5.97 Å². The van der Waals surface area contributed by atoms with Gasteiger partial charge in [-0.1, -0.05) is 37.1 Å². The van der Waals surface area contributed by atoms with Crippen molar-refractivity contribution in [2.45, 2.75) is 53.9 Å². The number of rotatable bonds is 5. The van der Waals surface area contributed by atoms with Gasteiger partial charge in [0.05, 0.1) is 6.61 Å². The van der Waals surface area contributed by atoms with E-state index in [1.165, 1.54) is 30.4 Å². The van der Waals surface area contributed by atoms with Gasteiger partial charge in [0.25, 0.3) is 0 Å². The number of carbonyl (C=O) groups is 1. The van der Waals surface area contributed by atoms with Crippen LogP contribution in [0.4, 0.5) is 0 Å². The maximum absolute atomic E-state index is 11.6. The monoisotopic (exact) mass is 340 g/mol. The first-order valence-corrected chi connectivity index (χ1v) is 8.89. The molecule has 0 aliphatic heterocycles. The quantitative estimate of drug-likeness (QED) is 0.550. The van der Waals surface area contributed by atoms with E-state index in [1.807, 2.05) is 6.08 Å². The van der Waals surface area contributed by atoms with E-state index in [9.17, 15) is 4.79 Å². The predicted octanol–water partition coefficient (Wildman–Crippen LogP) is 5.14. The summed E-state index contributed by atoms with van der Waals surface area (Å²) in [6.07, 6.45) is 13.4. The molecule has 0 bridgehead atoms. The second kappa shape index (κ2) is 8.24. The smallest absolute Gasteiger partial charge is 0.376 e. The Kier molecular flexibility index (Phi) is 6.29. The standard InChI is InChI=1S/C21H28N2O2/c1-6-25-20(24)19-22-13-17(14-23-19)12-15(2)9-10-18-16(3)8-7-11-21(18,4)5/h9-10,12-14H,6-8,11H2,1-5H3/b10-9+,15-12+. The summed E-state index contributed by atoms with van der Waals surface area (Å²) >= 11 is 0. The summed E-state index contributed by atoms with van der Waals surface area (Å²) in [4.78, 5) is 19.7. The van der Waals surface area contributed by atoms with Crippen LogP contribution in [0.1, 0.15) is 70.1 Å². The Hall–Kier alpha value is -2.23. The van der Waals surface area contributed by atoms with E-state index in [-0.39, 0.29) is 11.2 Å². The second-order valence-corrected chi connectivity index (χ2v) is 7.21. The molecule has 134 valence electrons. The number of nitrogens with zero attached hydrogens (tertiary/aromatic N) is 2. The van der Waals surface area contributed by atoms with Gasteiger partial charge in [-0.15, -0.1) is 0 Å². The topological polar surface area (TPSA) is 52.1 Å². The van der Waals surface area contributed by atoms with Crippen LogP contribution in [0.3, 0.4) is 0 Å². The molecule has 0 N–H and O–H groups in total. The molecule has 0 fully saturated rings. The number of hydrogen-bond acceptors (Lipinski definition) is 4. The van der Waals surface area contributed by atoms with Crippen molar-refractivity contribution in [1.29, 1.82) is 0 Å². The minimum atomic E-state index is -0.489. The maximum Gasteiger partial charge on any atom is 0.376 e. The first kappa shape index (κ1) is 19.1. The fourth-order valence-corrected chi connectivity index (χ4v) is 3.25. The highest BCUT2D eigenvalue weighted by Crippen LogP contribution is 2.40. The first-order chi connectivity index (χ1) is 11.8. The van der Waals surface area contributed by atoms with Gasteiger partial charge in [-0.25, -0.2) is 14.8 Å². The highest BCUT2D eigenvalue weighted by atomic mass is 16.5. The third-order valence-electron chi connectivity index (χ3n) is 4.58. The zero-order valence-electron chi connectivity index (χ0n) is 15.9. The minimum absolute atomic E-state index is 0.0944. The fourth-order valence-electron chi connectivity index (χ4n) is 3.25.